The molecule has 0 aliphatic heterocycles. The van der Waals surface area contributed by atoms with E-state index in [0.29, 0.717) is 10.0 Å². The number of hydrogen-bond acceptors (Lipinski definition) is 8. The Hall–Kier alpha value is -2.06. The van der Waals surface area contributed by atoms with Gasteiger partial charge in [0.2, 0.25) is 5.13 Å². The predicted octanol–water partition coefficient (Wildman–Crippen LogP) is 7.37. The molecular formula is C25H34N4O2S2. The summed E-state index contributed by atoms with van der Waals surface area (Å²) in [4.78, 5) is 21.0. The van der Waals surface area contributed by atoms with Gasteiger partial charge in [0.05, 0.1) is 10.7 Å². The molecule has 0 radical (unpaired) electrons. The quantitative estimate of drug-likeness (QED) is 0.289. The molecule has 0 saturated heterocycles. The van der Waals surface area contributed by atoms with Crippen LogP contribution in [-0.2, 0) is 4.74 Å². The number of rotatable bonds is 8. The number of esters is 1. The highest BCUT2D eigenvalue weighted by molar-refractivity contribution is 7.29. The van der Waals surface area contributed by atoms with E-state index < -0.39 is 0 Å². The summed E-state index contributed by atoms with van der Waals surface area (Å²) in [7, 11) is 0. The van der Waals surface area contributed by atoms with Crippen LogP contribution < -0.4 is 0 Å². The van der Waals surface area contributed by atoms with Crippen LogP contribution in [0, 0.1) is 11.8 Å². The molecule has 4 rings (SSSR count). The van der Waals surface area contributed by atoms with Crippen LogP contribution in [0.4, 0.5) is 5.13 Å². The summed E-state index contributed by atoms with van der Waals surface area (Å²) in [6, 6.07) is 1.90. The van der Waals surface area contributed by atoms with Crippen molar-refractivity contribution in [2.45, 2.75) is 71.9 Å². The molecule has 2 aliphatic carbocycles. The van der Waals surface area contributed by atoms with Gasteiger partial charge in [0, 0.05) is 24.7 Å². The average molecular weight is 487 g/mol. The predicted molar refractivity (Wildman–Crippen MR) is 137 cm³/mol. The minimum absolute atomic E-state index is 0.0135. The van der Waals surface area contributed by atoms with Crippen molar-refractivity contribution < 1.29 is 9.53 Å². The first-order chi connectivity index (χ1) is 16.0. The summed E-state index contributed by atoms with van der Waals surface area (Å²) in [5.74, 6) is 0.853. The van der Waals surface area contributed by atoms with Crippen molar-refractivity contribution in [3.05, 3.63) is 34.9 Å². The van der Waals surface area contributed by atoms with Crippen LogP contribution in [0.5, 0.6) is 0 Å². The van der Waals surface area contributed by atoms with E-state index >= 15 is 0 Å². The highest BCUT2D eigenvalue weighted by atomic mass is 32.1. The third kappa shape index (κ3) is 5.72. The van der Waals surface area contributed by atoms with E-state index in [1.165, 1.54) is 34.8 Å². The molecule has 2 unspecified atom stereocenters. The number of allylic oxidation sites excluding steroid dienone is 1. The number of hydrogen-bond donors (Lipinski definition) is 0. The number of carbonyl (C=O) groups is 1. The fourth-order valence-electron chi connectivity index (χ4n) is 4.59. The van der Waals surface area contributed by atoms with Crippen molar-refractivity contribution in [3.63, 3.8) is 0 Å². The molecule has 6 nitrogen and oxygen atoms in total. The number of azo groups is 1. The highest BCUT2D eigenvalue weighted by Gasteiger charge is 2.25. The lowest BCUT2D eigenvalue weighted by Gasteiger charge is -2.27. The number of thiazole rings is 1. The van der Waals surface area contributed by atoms with Crippen molar-refractivity contribution in [1.29, 1.82) is 0 Å². The minimum atomic E-state index is -0.217. The molecule has 8 heteroatoms. The zero-order chi connectivity index (χ0) is 23.4. The smallest absolute Gasteiger partial charge is 0.348 e. The lowest BCUT2D eigenvalue weighted by atomic mass is 9.86. The van der Waals surface area contributed by atoms with E-state index in [9.17, 15) is 4.79 Å². The Labute approximate surface area is 204 Å². The summed E-state index contributed by atoms with van der Waals surface area (Å²) >= 11 is 2.86. The Morgan fingerprint density at radius 2 is 1.94 bits per heavy atom. The van der Waals surface area contributed by atoms with Crippen molar-refractivity contribution >= 4 is 43.3 Å². The van der Waals surface area contributed by atoms with Gasteiger partial charge in [-0.3, -0.25) is 0 Å². The maximum atomic E-state index is 12.6. The SMILES string of the molecule is CCC1CCC(OC(=O)c2cc3sc(N=NC4C=CC(N(CC)CC)=CC4C)nc3s2)CC1. The van der Waals surface area contributed by atoms with Crippen LogP contribution in [0.15, 0.2) is 40.2 Å². The van der Waals surface area contributed by atoms with Crippen molar-refractivity contribution in [2.75, 3.05) is 13.1 Å². The van der Waals surface area contributed by atoms with E-state index in [2.05, 4.69) is 66.0 Å². The number of carbonyl (C=O) groups excluding carboxylic acids is 1. The Balaban J connectivity index is 1.35. The first-order valence-electron chi connectivity index (χ1n) is 12.2. The normalized spacial score (nSPS) is 25.5. The Morgan fingerprint density at radius 3 is 2.58 bits per heavy atom. The number of thiophene rings is 1. The zero-order valence-electron chi connectivity index (χ0n) is 20.0. The monoisotopic (exact) mass is 486 g/mol. The van der Waals surface area contributed by atoms with Crippen LogP contribution in [-0.4, -0.2) is 41.1 Å². The van der Waals surface area contributed by atoms with Gasteiger partial charge in [0.25, 0.3) is 0 Å². The van der Waals surface area contributed by atoms with Gasteiger partial charge in [0.1, 0.15) is 15.8 Å². The fraction of sp³-hybridized carbons (Fsp3) is 0.600. The fourth-order valence-corrected chi connectivity index (χ4v) is 6.51. The number of fused-ring (bicyclic) bond motifs is 1. The van der Waals surface area contributed by atoms with Crippen LogP contribution >= 0.6 is 22.7 Å². The number of nitrogens with zero attached hydrogens (tertiary/aromatic N) is 4. The summed E-state index contributed by atoms with van der Waals surface area (Å²) in [5.41, 5.74) is 1.26. The van der Waals surface area contributed by atoms with Crippen molar-refractivity contribution in [3.8, 4) is 0 Å². The molecule has 0 spiro atoms. The van der Waals surface area contributed by atoms with Gasteiger partial charge >= 0.3 is 5.97 Å². The molecule has 1 saturated carbocycles. The van der Waals surface area contributed by atoms with E-state index in [-0.39, 0.29) is 24.0 Å². The second-order valence-electron chi connectivity index (χ2n) is 8.92. The average Bonchev–Trinajstić information content (AvgIpc) is 3.39. The second-order valence-corrected chi connectivity index (χ2v) is 11.0. The van der Waals surface area contributed by atoms with Crippen LogP contribution in [0.1, 0.15) is 69.5 Å². The molecule has 2 heterocycles. The van der Waals surface area contributed by atoms with Gasteiger partial charge in [-0.1, -0.05) is 43.8 Å². The van der Waals surface area contributed by atoms with Crippen LogP contribution in [0.2, 0.25) is 0 Å². The molecule has 0 amide bonds. The van der Waals surface area contributed by atoms with Gasteiger partial charge in [-0.15, -0.1) is 16.5 Å². The molecule has 178 valence electrons. The Morgan fingerprint density at radius 1 is 1.18 bits per heavy atom. The third-order valence-corrected chi connectivity index (χ3v) is 8.79. The van der Waals surface area contributed by atoms with Gasteiger partial charge in [-0.25, -0.2) is 9.78 Å². The van der Waals surface area contributed by atoms with Crippen LogP contribution in [0.3, 0.4) is 0 Å². The zero-order valence-corrected chi connectivity index (χ0v) is 21.6. The minimum Gasteiger partial charge on any atom is -0.458 e. The number of aromatic nitrogens is 1. The molecule has 2 aromatic heterocycles. The maximum absolute atomic E-state index is 12.6. The van der Waals surface area contributed by atoms with E-state index in [0.717, 1.165) is 54.2 Å². The standard InChI is InChI=1S/C25H34N4O2S2/c1-5-17-8-11-19(12-9-17)31-24(30)22-15-21-23(32-22)26-25(33-21)28-27-20-13-10-18(14-16(20)4)29(6-2)7-3/h10,13-17,19-20H,5-9,11-12H2,1-4H3. The van der Waals surface area contributed by atoms with Crippen molar-refractivity contribution in [1.82, 2.24) is 9.88 Å². The molecule has 0 bridgehead atoms. The summed E-state index contributed by atoms with van der Waals surface area (Å²) < 4.78 is 6.73. The van der Waals surface area contributed by atoms with E-state index in [1.54, 1.807) is 0 Å². The van der Waals surface area contributed by atoms with E-state index in [4.69, 9.17) is 4.74 Å². The number of likely N-dealkylation sites (N-methyl/N-ethyl adjacent to an activating group) is 1. The number of ether oxygens (including phenoxy) is 1. The molecule has 2 atom stereocenters. The molecule has 33 heavy (non-hydrogen) atoms. The molecule has 0 N–H and O–H groups in total. The van der Waals surface area contributed by atoms with Crippen LogP contribution in [0.25, 0.3) is 9.53 Å². The third-order valence-electron chi connectivity index (χ3n) is 6.77. The van der Waals surface area contributed by atoms with E-state index in [1.807, 2.05) is 6.07 Å². The summed E-state index contributed by atoms with van der Waals surface area (Å²) in [6.45, 7) is 10.7. The first kappa shape index (κ1) is 24.1. The topological polar surface area (TPSA) is 67.2 Å². The second kappa shape index (κ2) is 10.9. The molecule has 2 aromatic rings. The van der Waals surface area contributed by atoms with Gasteiger partial charge in [-0.05, 0) is 57.6 Å². The molecular weight excluding hydrogens is 452 g/mol. The van der Waals surface area contributed by atoms with Gasteiger partial charge < -0.3 is 9.64 Å². The Kier molecular flexibility index (Phi) is 7.96. The summed E-state index contributed by atoms with van der Waals surface area (Å²) in [5, 5.41) is 9.58. The molecule has 2 aliphatic rings. The Bertz CT molecular complexity index is 1010. The lowest BCUT2D eigenvalue weighted by Crippen LogP contribution is -2.25. The first-order valence-corrected chi connectivity index (χ1v) is 13.8. The maximum Gasteiger partial charge on any atom is 0.348 e. The van der Waals surface area contributed by atoms with Gasteiger partial charge in [0.15, 0.2) is 0 Å². The summed E-state index contributed by atoms with van der Waals surface area (Å²) in [6.07, 6.45) is 12.1. The van der Waals surface area contributed by atoms with Crippen molar-refractivity contribution in [2.24, 2.45) is 22.1 Å². The molecule has 1 fully saturated rings. The lowest BCUT2D eigenvalue weighted by molar-refractivity contribution is 0.0170. The molecule has 0 aromatic carbocycles. The van der Waals surface area contributed by atoms with Gasteiger partial charge in [-0.2, -0.15) is 5.11 Å². The largest absolute Gasteiger partial charge is 0.458 e. The highest BCUT2D eigenvalue weighted by Crippen LogP contribution is 2.36.